The maximum atomic E-state index is 4.89. The summed E-state index contributed by atoms with van der Waals surface area (Å²) in [6.07, 6.45) is 13.2. The molecule has 0 bridgehead atoms. The van der Waals surface area contributed by atoms with E-state index in [9.17, 15) is 0 Å². The molecule has 0 radical (unpaired) electrons. The van der Waals surface area contributed by atoms with Gasteiger partial charge in [0, 0.05) is 0 Å². The molecule has 3 nitrogen and oxygen atoms in total. The van der Waals surface area contributed by atoms with Crippen LogP contribution in [0.4, 0.5) is 0 Å². The third kappa shape index (κ3) is 5.18. The Morgan fingerprint density at radius 1 is 1.27 bits per heavy atom. The van der Waals surface area contributed by atoms with E-state index in [-0.39, 0.29) is 0 Å². The monoisotopic (exact) mass is 365 g/mol. The van der Waals surface area contributed by atoms with Crippen LogP contribution in [0.3, 0.4) is 0 Å². The Labute approximate surface area is 146 Å². The van der Waals surface area contributed by atoms with Gasteiger partial charge in [-0.05, 0) is 5.69 Å². The average molecular weight is 366 g/mol. The third-order valence-corrected chi connectivity index (χ3v) is 2.87. The molecule has 0 fully saturated rings. The van der Waals surface area contributed by atoms with E-state index in [2.05, 4.69) is 46.5 Å². The van der Waals surface area contributed by atoms with Gasteiger partial charge in [-0.3, -0.25) is 6.08 Å². The van der Waals surface area contributed by atoms with Gasteiger partial charge in [0.25, 0.3) is 0 Å². The third-order valence-electron chi connectivity index (χ3n) is 2.87. The van der Waals surface area contributed by atoms with E-state index in [4.69, 9.17) is 18.6 Å². The summed E-state index contributed by atoms with van der Waals surface area (Å²) in [5.41, 5.74) is 1.06. The topological polar surface area (TPSA) is 30.7 Å². The fourth-order valence-corrected chi connectivity index (χ4v) is 1.95. The summed E-state index contributed by atoms with van der Waals surface area (Å²) in [5.74, 6) is 0. The van der Waals surface area contributed by atoms with Crippen molar-refractivity contribution in [2.24, 2.45) is 0 Å². The van der Waals surface area contributed by atoms with Gasteiger partial charge in [-0.2, -0.15) is 11.2 Å². The van der Waals surface area contributed by atoms with Crippen molar-refractivity contribution in [2.45, 2.75) is 6.42 Å². The van der Waals surface area contributed by atoms with Crippen molar-refractivity contribution in [3.05, 3.63) is 73.4 Å². The van der Waals surface area contributed by atoms with Gasteiger partial charge < -0.3 is 0 Å². The second-order valence-electron chi connectivity index (χ2n) is 4.26. The first-order valence-electron chi connectivity index (χ1n) is 6.53. The molecule has 0 unspecified atom stereocenters. The molecule has 1 aliphatic rings. The van der Waals surface area contributed by atoms with Crippen LogP contribution in [-0.4, -0.2) is 14.8 Å². The zero-order valence-electron chi connectivity index (χ0n) is 11.7. The second-order valence-corrected chi connectivity index (χ2v) is 6.84. The Morgan fingerprint density at radius 3 is 2.64 bits per heavy atom. The normalized spacial score (nSPS) is 11.5. The van der Waals surface area contributed by atoms with Crippen molar-refractivity contribution in [3.63, 3.8) is 0 Å². The molecule has 0 saturated heterocycles. The Balaban J connectivity index is 0.000000184. The molecule has 0 N–H and O–H groups in total. The first kappa shape index (κ1) is 17.1. The second kappa shape index (κ2) is 9.70. The quantitative estimate of drug-likeness (QED) is 0.457. The zero-order valence-corrected chi connectivity index (χ0v) is 14.7. The van der Waals surface area contributed by atoms with E-state index in [1.165, 1.54) is 17.1 Å². The fraction of sp³-hybridized carbons (Fsp3) is 0.0625. The summed E-state index contributed by atoms with van der Waals surface area (Å²) in [5, 5.41) is 6.56. The van der Waals surface area contributed by atoms with Gasteiger partial charge in [-0.25, -0.2) is 21.8 Å². The summed E-state index contributed by atoms with van der Waals surface area (Å²) >= 11 is -0.556. The number of nitrogens with zero attached hydrogens (tertiary/aromatic N) is 3. The number of aromatic nitrogens is 3. The number of hydrogen-bond donors (Lipinski definition) is 0. The minimum absolute atomic E-state index is 0.556. The number of halogens is 2. The predicted octanol–water partition coefficient (Wildman–Crippen LogP) is 4.82. The maximum Gasteiger partial charge on any atom is 0.138 e. The molecule has 1 aromatic heterocycles. The number of rotatable bonds is 1. The van der Waals surface area contributed by atoms with E-state index >= 15 is 0 Å². The molecule has 0 saturated carbocycles. The molecule has 4 rings (SSSR count). The Hall–Kier alpha value is -1.26. The fourth-order valence-electron chi connectivity index (χ4n) is 1.95. The van der Waals surface area contributed by atoms with Gasteiger partial charge in [0.1, 0.15) is 12.7 Å². The van der Waals surface area contributed by atoms with Crippen LogP contribution in [0.2, 0.25) is 0 Å². The van der Waals surface area contributed by atoms with Crippen LogP contribution in [0.5, 0.6) is 0 Å². The Bertz CT molecular complexity index is 690. The van der Waals surface area contributed by atoms with Crippen LogP contribution in [-0.2, 0) is 17.0 Å². The van der Waals surface area contributed by atoms with Gasteiger partial charge in [0.2, 0.25) is 0 Å². The van der Waals surface area contributed by atoms with Crippen LogP contribution in [0, 0.1) is 6.08 Å². The average Bonchev–Trinajstić information content (AvgIpc) is 3.29. The van der Waals surface area contributed by atoms with E-state index < -0.39 is 17.0 Å². The van der Waals surface area contributed by atoms with Gasteiger partial charge in [0.05, 0.1) is 0 Å². The van der Waals surface area contributed by atoms with Crippen LogP contribution in [0.25, 0.3) is 16.5 Å². The van der Waals surface area contributed by atoms with Crippen LogP contribution in [0.15, 0.2) is 67.3 Å². The first-order valence-corrected chi connectivity index (χ1v) is 10.8. The number of benzene rings is 1. The minimum atomic E-state index is -0.556. The predicted molar refractivity (Wildman–Crippen MR) is 87.7 cm³/mol. The molecule has 0 atom stereocenters. The molecule has 3 aromatic rings. The van der Waals surface area contributed by atoms with E-state index in [0.29, 0.717) is 0 Å². The van der Waals surface area contributed by atoms with Crippen LogP contribution in [0.1, 0.15) is 6.42 Å². The van der Waals surface area contributed by atoms with Crippen molar-refractivity contribution in [1.82, 2.24) is 14.8 Å². The van der Waals surface area contributed by atoms with Crippen molar-refractivity contribution in [2.75, 3.05) is 0 Å². The van der Waals surface area contributed by atoms with Crippen LogP contribution >= 0.6 is 18.6 Å². The number of hydrogen-bond acceptors (Lipinski definition) is 2. The van der Waals surface area contributed by atoms with Gasteiger partial charge in [-0.1, -0.05) is 6.07 Å². The Kier molecular flexibility index (Phi) is 7.54. The molecular formula is C16H13Cl2N3Ti-2. The molecule has 6 heteroatoms. The van der Waals surface area contributed by atoms with Crippen LogP contribution < -0.4 is 0 Å². The molecule has 0 amide bonds. The molecular weight excluding hydrogens is 353 g/mol. The van der Waals surface area contributed by atoms with E-state index in [1.807, 2.05) is 24.3 Å². The molecule has 2 aromatic carbocycles. The smallest absolute Gasteiger partial charge is 0.138 e. The van der Waals surface area contributed by atoms with Gasteiger partial charge >= 0.3 is 35.6 Å². The largest absolute Gasteiger partial charge is 0.240 e. The summed E-state index contributed by atoms with van der Waals surface area (Å²) in [6.45, 7) is 0. The first-order chi connectivity index (χ1) is 10.8. The van der Waals surface area contributed by atoms with E-state index in [0.717, 1.165) is 12.1 Å². The molecule has 0 aliphatic heterocycles. The van der Waals surface area contributed by atoms with Crippen molar-refractivity contribution in [1.29, 1.82) is 0 Å². The zero-order chi connectivity index (χ0) is 15.6. The number of fused-ring (bicyclic) bond motifs is 1. The molecule has 112 valence electrons. The summed E-state index contributed by atoms with van der Waals surface area (Å²) in [6, 6.07) is 12.5. The van der Waals surface area contributed by atoms with Crippen molar-refractivity contribution >= 4 is 29.4 Å². The minimum Gasteiger partial charge on any atom is -0.240 e. The Morgan fingerprint density at radius 2 is 2.09 bits per heavy atom. The molecule has 0 spiro atoms. The standard InChI is InChI=1S/C11H8N3.C5H5.2ClH.Ti/c1-2-4-10-6-11(5-9(10)3-1)14-8-12-7-13-14;1-2-4-5-3-1;;;/h1-8H;1-3H,4H2;2*1H;/q2*-1;;;+2/p-2. The van der Waals surface area contributed by atoms with E-state index in [1.54, 1.807) is 11.0 Å². The van der Waals surface area contributed by atoms with Gasteiger partial charge in [-0.15, -0.1) is 47.5 Å². The molecule has 1 heterocycles. The molecule has 22 heavy (non-hydrogen) atoms. The van der Waals surface area contributed by atoms with Gasteiger partial charge in [0.15, 0.2) is 0 Å². The van der Waals surface area contributed by atoms with Crippen molar-refractivity contribution < 1.29 is 17.0 Å². The summed E-state index contributed by atoms with van der Waals surface area (Å²) in [4.78, 5) is 3.92. The summed E-state index contributed by atoms with van der Waals surface area (Å²) < 4.78 is 1.76. The SMILES string of the molecule is [C-]1=CC=CC1.[Cl][Ti][Cl].c1ccc2[cH-]c(-n3cncn3)cc2c1. The number of allylic oxidation sites excluding steroid dienone is 4. The van der Waals surface area contributed by atoms with Crippen molar-refractivity contribution in [3.8, 4) is 5.69 Å². The maximum absolute atomic E-state index is 4.89. The molecule has 1 aliphatic carbocycles. The summed E-state index contributed by atoms with van der Waals surface area (Å²) in [7, 11) is 9.78.